The first-order valence-corrected chi connectivity index (χ1v) is 8.06. The number of hydrogen-bond donors (Lipinski definition) is 2. The van der Waals surface area contributed by atoms with Gasteiger partial charge in [-0.1, -0.05) is 51.1 Å². The molecule has 2 N–H and O–H groups in total. The maximum Gasteiger partial charge on any atom is 0.270 e. The molecule has 0 atom stereocenters. The van der Waals surface area contributed by atoms with Crippen LogP contribution in [-0.2, 0) is 0 Å². The Labute approximate surface area is 137 Å². The Hall–Kier alpha value is -2.43. The second kappa shape index (κ2) is 8.27. The summed E-state index contributed by atoms with van der Waals surface area (Å²) < 4.78 is 0. The highest BCUT2D eigenvalue weighted by atomic mass is 16.1. The van der Waals surface area contributed by atoms with E-state index in [4.69, 9.17) is 0 Å². The van der Waals surface area contributed by atoms with Crippen molar-refractivity contribution < 1.29 is 4.79 Å². The van der Waals surface area contributed by atoms with Gasteiger partial charge in [-0.3, -0.25) is 4.79 Å². The van der Waals surface area contributed by atoms with Crippen molar-refractivity contribution in [2.75, 3.05) is 18.4 Å². The Kier molecular flexibility index (Phi) is 6.09. The summed E-state index contributed by atoms with van der Waals surface area (Å²) >= 11 is 0. The van der Waals surface area contributed by atoms with Gasteiger partial charge in [0.1, 0.15) is 11.5 Å². The first-order valence-electron chi connectivity index (χ1n) is 8.06. The first kappa shape index (κ1) is 16.9. The molecule has 1 aromatic heterocycles. The Morgan fingerprint density at radius 3 is 2.57 bits per heavy atom. The first-order chi connectivity index (χ1) is 11.1. The summed E-state index contributed by atoms with van der Waals surface area (Å²) in [6.45, 7) is 7.70. The predicted octanol–water partition coefficient (Wildman–Crippen LogP) is 3.35. The molecule has 2 rings (SSSR count). The Bertz CT molecular complexity index is 641. The lowest BCUT2D eigenvalue weighted by atomic mass is 10.2. The van der Waals surface area contributed by atoms with Crippen molar-refractivity contribution in [2.45, 2.75) is 27.2 Å². The molecule has 0 aliphatic rings. The Balaban J connectivity index is 2.33. The standard InChI is InChI=1S/C18H24N4O/c1-4-10-19-18(23)15-11-16(20-12-13(2)3)22-17(21-15)14-8-6-5-7-9-14/h5-9,11,13H,4,10,12H2,1-3H3,(H,19,23)(H,20,21,22). The summed E-state index contributed by atoms with van der Waals surface area (Å²) in [6, 6.07) is 11.4. The number of anilines is 1. The number of hydrogen-bond acceptors (Lipinski definition) is 4. The highest BCUT2D eigenvalue weighted by Gasteiger charge is 2.12. The minimum absolute atomic E-state index is 0.168. The largest absolute Gasteiger partial charge is 0.370 e. The number of carbonyl (C=O) groups excluding carboxylic acids is 1. The van der Waals surface area contributed by atoms with E-state index in [0.29, 0.717) is 29.8 Å². The smallest absolute Gasteiger partial charge is 0.270 e. The van der Waals surface area contributed by atoms with Crippen molar-refractivity contribution in [3.63, 3.8) is 0 Å². The Morgan fingerprint density at radius 2 is 1.91 bits per heavy atom. The molecule has 1 heterocycles. The average Bonchev–Trinajstić information content (AvgIpc) is 2.58. The van der Waals surface area contributed by atoms with E-state index < -0.39 is 0 Å². The van der Waals surface area contributed by atoms with E-state index >= 15 is 0 Å². The van der Waals surface area contributed by atoms with Crippen LogP contribution in [0.25, 0.3) is 11.4 Å². The number of amides is 1. The molecule has 1 aromatic carbocycles. The SMILES string of the molecule is CCCNC(=O)c1cc(NCC(C)C)nc(-c2ccccc2)n1. The highest BCUT2D eigenvalue weighted by Crippen LogP contribution is 2.18. The van der Waals surface area contributed by atoms with Gasteiger partial charge in [-0.2, -0.15) is 0 Å². The van der Waals surface area contributed by atoms with Crippen LogP contribution < -0.4 is 10.6 Å². The number of nitrogens with zero attached hydrogens (tertiary/aromatic N) is 2. The van der Waals surface area contributed by atoms with Crippen molar-refractivity contribution >= 4 is 11.7 Å². The lowest BCUT2D eigenvalue weighted by Gasteiger charge is -2.11. The van der Waals surface area contributed by atoms with Gasteiger partial charge >= 0.3 is 0 Å². The molecular weight excluding hydrogens is 288 g/mol. The van der Waals surface area contributed by atoms with Gasteiger partial charge in [0, 0.05) is 24.7 Å². The van der Waals surface area contributed by atoms with Crippen LogP contribution >= 0.6 is 0 Å². The summed E-state index contributed by atoms with van der Waals surface area (Å²) in [6.07, 6.45) is 0.890. The fraction of sp³-hybridized carbons (Fsp3) is 0.389. The fourth-order valence-corrected chi connectivity index (χ4v) is 2.01. The predicted molar refractivity (Wildman–Crippen MR) is 93.4 cm³/mol. The lowest BCUT2D eigenvalue weighted by molar-refractivity contribution is 0.0948. The van der Waals surface area contributed by atoms with Gasteiger partial charge in [0.15, 0.2) is 5.82 Å². The van der Waals surface area contributed by atoms with Crippen LogP contribution in [0.4, 0.5) is 5.82 Å². The van der Waals surface area contributed by atoms with Crippen LogP contribution in [0.2, 0.25) is 0 Å². The second-order valence-corrected chi connectivity index (χ2v) is 5.86. The maximum absolute atomic E-state index is 12.2. The van der Waals surface area contributed by atoms with Gasteiger partial charge in [-0.05, 0) is 12.3 Å². The average molecular weight is 312 g/mol. The molecule has 5 heteroatoms. The zero-order chi connectivity index (χ0) is 16.7. The van der Waals surface area contributed by atoms with Gasteiger partial charge in [-0.15, -0.1) is 0 Å². The molecule has 2 aromatic rings. The van der Waals surface area contributed by atoms with E-state index in [1.54, 1.807) is 6.07 Å². The topological polar surface area (TPSA) is 66.9 Å². The van der Waals surface area contributed by atoms with Crippen LogP contribution in [0.1, 0.15) is 37.7 Å². The van der Waals surface area contributed by atoms with E-state index in [0.717, 1.165) is 18.5 Å². The van der Waals surface area contributed by atoms with Gasteiger partial charge < -0.3 is 10.6 Å². The summed E-state index contributed by atoms with van der Waals surface area (Å²) in [4.78, 5) is 21.2. The van der Waals surface area contributed by atoms with Crippen molar-refractivity contribution in [1.29, 1.82) is 0 Å². The molecule has 1 amide bonds. The summed E-state index contributed by atoms with van der Waals surface area (Å²) in [5.74, 6) is 1.55. The van der Waals surface area contributed by atoms with Crippen LogP contribution in [-0.4, -0.2) is 29.0 Å². The molecule has 0 aliphatic carbocycles. The van der Waals surface area contributed by atoms with Gasteiger partial charge in [0.2, 0.25) is 0 Å². The molecule has 0 unspecified atom stereocenters. The molecule has 0 saturated carbocycles. The van der Waals surface area contributed by atoms with Crippen molar-refractivity contribution in [3.8, 4) is 11.4 Å². The molecule has 0 spiro atoms. The van der Waals surface area contributed by atoms with E-state index in [9.17, 15) is 4.79 Å². The lowest BCUT2D eigenvalue weighted by Crippen LogP contribution is -2.25. The molecular formula is C18H24N4O. The van der Waals surface area contributed by atoms with Crippen LogP contribution in [0.3, 0.4) is 0 Å². The summed E-state index contributed by atoms with van der Waals surface area (Å²) in [7, 11) is 0. The molecule has 0 radical (unpaired) electrons. The van der Waals surface area contributed by atoms with Gasteiger partial charge in [0.05, 0.1) is 0 Å². The number of nitrogens with one attached hydrogen (secondary N) is 2. The molecule has 0 bridgehead atoms. The van der Waals surface area contributed by atoms with E-state index in [1.165, 1.54) is 0 Å². The van der Waals surface area contributed by atoms with Crippen LogP contribution in [0.15, 0.2) is 36.4 Å². The maximum atomic E-state index is 12.2. The third-order valence-corrected chi connectivity index (χ3v) is 3.22. The number of benzene rings is 1. The zero-order valence-electron chi connectivity index (χ0n) is 14.0. The van der Waals surface area contributed by atoms with E-state index in [-0.39, 0.29) is 5.91 Å². The molecule has 23 heavy (non-hydrogen) atoms. The van der Waals surface area contributed by atoms with Crippen LogP contribution in [0, 0.1) is 5.92 Å². The van der Waals surface area contributed by atoms with Crippen molar-refractivity contribution in [3.05, 3.63) is 42.1 Å². The third kappa shape index (κ3) is 5.06. The quantitative estimate of drug-likeness (QED) is 0.823. The molecule has 0 aliphatic heterocycles. The number of aromatic nitrogens is 2. The number of rotatable bonds is 7. The monoisotopic (exact) mass is 312 g/mol. The molecule has 0 saturated heterocycles. The van der Waals surface area contributed by atoms with Crippen molar-refractivity contribution in [2.24, 2.45) is 5.92 Å². The van der Waals surface area contributed by atoms with Gasteiger partial charge in [0.25, 0.3) is 5.91 Å². The second-order valence-electron chi connectivity index (χ2n) is 5.86. The molecule has 5 nitrogen and oxygen atoms in total. The molecule has 122 valence electrons. The minimum Gasteiger partial charge on any atom is -0.370 e. The fourth-order valence-electron chi connectivity index (χ4n) is 2.01. The van der Waals surface area contributed by atoms with Crippen molar-refractivity contribution in [1.82, 2.24) is 15.3 Å². The highest BCUT2D eigenvalue weighted by molar-refractivity contribution is 5.93. The molecule has 0 fully saturated rings. The van der Waals surface area contributed by atoms with E-state index in [1.807, 2.05) is 37.3 Å². The Morgan fingerprint density at radius 1 is 1.17 bits per heavy atom. The van der Waals surface area contributed by atoms with E-state index in [2.05, 4.69) is 34.4 Å². The minimum atomic E-state index is -0.168. The normalized spacial score (nSPS) is 10.6. The van der Waals surface area contributed by atoms with Crippen LogP contribution in [0.5, 0.6) is 0 Å². The zero-order valence-corrected chi connectivity index (χ0v) is 14.0. The summed E-state index contributed by atoms with van der Waals surface area (Å²) in [5.41, 5.74) is 1.28. The number of carbonyl (C=O) groups is 1. The van der Waals surface area contributed by atoms with Gasteiger partial charge in [-0.25, -0.2) is 9.97 Å². The summed E-state index contributed by atoms with van der Waals surface area (Å²) in [5, 5.41) is 6.14. The third-order valence-electron chi connectivity index (χ3n) is 3.22.